The van der Waals surface area contributed by atoms with Crippen LogP contribution in [-0.4, -0.2) is 55.9 Å². The van der Waals surface area contributed by atoms with Crippen molar-refractivity contribution in [3.63, 3.8) is 0 Å². The fourth-order valence-electron chi connectivity index (χ4n) is 2.19. The van der Waals surface area contributed by atoms with Crippen LogP contribution in [0.3, 0.4) is 0 Å². The van der Waals surface area contributed by atoms with E-state index in [2.05, 4.69) is 4.98 Å². The summed E-state index contributed by atoms with van der Waals surface area (Å²) < 4.78 is 11.6. The van der Waals surface area contributed by atoms with Gasteiger partial charge in [0.2, 0.25) is 0 Å². The molecule has 1 aromatic rings. The molecule has 9 nitrogen and oxygen atoms in total. The number of ether oxygens (including phenoxy) is 2. The van der Waals surface area contributed by atoms with Crippen molar-refractivity contribution in [1.29, 1.82) is 0 Å². The van der Waals surface area contributed by atoms with Gasteiger partial charge in [-0.05, 0) is 13.8 Å². The monoisotopic (exact) mass is 316 g/mol. The number of rotatable bonds is 5. The summed E-state index contributed by atoms with van der Waals surface area (Å²) in [6, 6.07) is 0. The van der Waals surface area contributed by atoms with Crippen LogP contribution in [0.2, 0.25) is 0 Å². The van der Waals surface area contributed by atoms with Gasteiger partial charge in [0.15, 0.2) is 6.23 Å². The zero-order chi connectivity index (χ0) is 16.4. The molecule has 9 heteroatoms. The summed E-state index contributed by atoms with van der Waals surface area (Å²) in [7, 11) is 0. The minimum Gasteiger partial charge on any atom is -0.394 e. The zero-order valence-corrected chi connectivity index (χ0v) is 12.3. The van der Waals surface area contributed by atoms with E-state index in [4.69, 9.17) is 14.6 Å². The molecule has 1 fully saturated rings. The summed E-state index contributed by atoms with van der Waals surface area (Å²) in [4.78, 5) is 25.8. The van der Waals surface area contributed by atoms with Crippen molar-refractivity contribution >= 4 is 0 Å². The number of aliphatic hydroxyl groups is 3. The summed E-state index contributed by atoms with van der Waals surface area (Å²) in [5.41, 5.74) is -1.19. The largest absolute Gasteiger partial charge is 0.394 e. The van der Waals surface area contributed by atoms with Gasteiger partial charge in [-0.1, -0.05) is 0 Å². The van der Waals surface area contributed by atoms with Gasteiger partial charge >= 0.3 is 5.69 Å². The Bertz CT molecular complexity index is 624. The van der Waals surface area contributed by atoms with Gasteiger partial charge in [-0.15, -0.1) is 0 Å². The Kier molecular flexibility index (Phi) is 5.14. The van der Waals surface area contributed by atoms with E-state index in [9.17, 15) is 19.8 Å². The predicted octanol–water partition coefficient (Wildman–Crippen LogP) is -1.93. The molecule has 0 aromatic carbocycles. The predicted molar refractivity (Wildman–Crippen MR) is 74.3 cm³/mol. The van der Waals surface area contributed by atoms with E-state index in [-0.39, 0.29) is 18.3 Å². The van der Waals surface area contributed by atoms with Crippen LogP contribution in [0.15, 0.2) is 15.8 Å². The van der Waals surface area contributed by atoms with Crippen LogP contribution in [0.4, 0.5) is 0 Å². The van der Waals surface area contributed by atoms with Crippen molar-refractivity contribution in [2.75, 3.05) is 6.61 Å². The molecule has 0 saturated carbocycles. The SMILES string of the molecule is CC(C)OCc1cn([C@@H]2O[C@H](CO)[C@@H](O)[C@H]2O)c(=O)[nH]c1=O. The Hall–Kier alpha value is -1.52. The number of aliphatic hydroxyl groups excluding tert-OH is 3. The minimum atomic E-state index is -1.40. The number of aromatic nitrogens is 2. The number of nitrogens with zero attached hydrogens (tertiary/aromatic N) is 1. The standard InChI is InChI=1S/C13H20N2O7/c1-6(2)21-5-7-3-15(13(20)14-11(7)19)12-10(18)9(17)8(4-16)22-12/h3,6,8-10,12,16-18H,4-5H2,1-2H3,(H,14,19,20)/t8-,9-,10-,12-/m1/s1. The van der Waals surface area contributed by atoms with E-state index in [1.807, 2.05) is 0 Å². The maximum Gasteiger partial charge on any atom is 0.330 e. The average molecular weight is 316 g/mol. The lowest BCUT2D eigenvalue weighted by Crippen LogP contribution is -2.39. The van der Waals surface area contributed by atoms with E-state index in [0.29, 0.717) is 0 Å². The first-order valence-electron chi connectivity index (χ1n) is 6.93. The van der Waals surface area contributed by atoms with Gasteiger partial charge in [0.1, 0.15) is 18.3 Å². The third kappa shape index (κ3) is 3.28. The average Bonchev–Trinajstić information content (AvgIpc) is 2.74. The molecule has 1 aliphatic heterocycles. The molecule has 0 spiro atoms. The number of nitrogens with one attached hydrogen (secondary N) is 1. The fourth-order valence-corrected chi connectivity index (χ4v) is 2.19. The maximum absolute atomic E-state index is 11.9. The number of H-pyrrole nitrogens is 1. The van der Waals surface area contributed by atoms with E-state index in [1.54, 1.807) is 13.8 Å². The summed E-state index contributed by atoms with van der Waals surface area (Å²) >= 11 is 0. The lowest BCUT2D eigenvalue weighted by atomic mass is 10.1. The summed E-state index contributed by atoms with van der Waals surface area (Å²) in [5.74, 6) is 0. The fraction of sp³-hybridized carbons (Fsp3) is 0.692. The van der Waals surface area contributed by atoms with Crippen LogP contribution in [0.1, 0.15) is 25.6 Å². The van der Waals surface area contributed by atoms with Crippen LogP contribution < -0.4 is 11.2 Å². The molecular formula is C13H20N2O7. The molecule has 0 amide bonds. The Morgan fingerprint density at radius 1 is 1.36 bits per heavy atom. The highest BCUT2D eigenvalue weighted by molar-refractivity contribution is 5.05. The first-order chi connectivity index (χ1) is 10.3. The van der Waals surface area contributed by atoms with Gasteiger partial charge in [0, 0.05) is 6.20 Å². The normalized spacial score (nSPS) is 28.5. The van der Waals surface area contributed by atoms with Gasteiger partial charge in [-0.25, -0.2) is 4.79 Å². The lowest BCUT2D eigenvalue weighted by Gasteiger charge is -2.18. The third-order valence-electron chi connectivity index (χ3n) is 3.41. The van der Waals surface area contributed by atoms with Gasteiger partial charge in [-0.2, -0.15) is 0 Å². The van der Waals surface area contributed by atoms with Crippen LogP contribution in [0.25, 0.3) is 0 Å². The molecule has 0 bridgehead atoms. The Labute approximate surface area is 125 Å². The second-order valence-corrected chi connectivity index (χ2v) is 5.41. The van der Waals surface area contributed by atoms with E-state index < -0.39 is 42.4 Å². The van der Waals surface area contributed by atoms with Crippen molar-refractivity contribution in [2.45, 2.75) is 51.1 Å². The highest BCUT2D eigenvalue weighted by atomic mass is 16.6. The minimum absolute atomic E-state index is 0.0118. The van der Waals surface area contributed by atoms with Gasteiger partial charge in [0.25, 0.3) is 5.56 Å². The van der Waals surface area contributed by atoms with Crippen molar-refractivity contribution in [3.8, 4) is 0 Å². The third-order valence-corrected chi connectivity index (χ3v) is 3.41. The first kappa shape index (κ1) is 16.8. The Morgan fingerprint density at radius 3 is 2.59 bits per heavy atom. The number of hydrogen-bond donors (Lipinski definition) is 4. The van der Waals surface area contributed by atoms with Crippen LogP contribution in [0.5, 0.6) is 0 Å². The molecule has 0 unspecified atom stereocenters. The lowest BCUT2D eigenvalue weighted by molar-refractivity contribution is -0.0553. The Morgan fingerprint density at radius 2 is 2.05 bits per heavy atom. The highest BCUT2D eigenvalue weighted by Crippen LogP contribution is 2.27. The molecular weight excluding hydrogens is 296 g/mol. The molecule has 4 atom stereocenters. The summed E-state index contributed by atoms with van der Waals surface area (Å²) in [5, 5.41) is 28.8. The van der Waals surface area contributed by atoms with Gasteiger partial charge in [0.05, 0.1) is 24.9 Å². The second kappa shape index (κ2) is 6.71. The van der Waals surface area contributed by atoms with Crippen LogP contribution in [0, 0.1) is 0 Å². The maximum atomic E-state index is 11.9. The van der Waals surface area contributed by atoms with E-state index >= 15 is 0 Å². The number of aromatic amines is 1. The smallest absolute Gasteiger partial charge is 0.330 e. The van der Waals surface area contributed by atoms with E-state index in [0.717, 1.165) is 4.57 Å². The molecule has 22 heavy (non-hydrogen) atoms. The summed E-state index contributed by atoms with van der Waals surface area (Å²) in [6.45, 7) is 3.09. The van der Waals surface area contributed by atoms with Gasteiger partial charge in [-0.3, -0.25) is 14.3 Å². The van der Waals surface area contributed by atoms with Crippen molar-refractivity contribution in [2.24, 2.45) is 0 Å². The topological polar surface area (TPSA) is 134 Å². The molecule has 2 heterocycles. The molecule has 2 rings (SSSR count). The zero-order valence-electron chi connectivity index (χ0n) is 12.3. The van der Waals surface area contributed by atoms with Crippen LogP contribution in [-0.2, 0) is 16.1 Å². The van der Waals surface area contributed by atoms with Crippen molar-refractivity contribution < 1.29 is 24.8 Å². The van der Waals surface area contributed by atoms with E-state index in [1.165, 1.54) is 6.20 Å². The van der Waals surface area contributed by atoms with Crippen molar-refractivity contribution in [3.05, 3.63) is 32.6 Å². The molecule has 1 aliphatic rings. The second-order valence-electron chi connectivity index (χ2n) is 5.41. The van der Waals surface area contributed by atoms with Crippen LogP contribution >= 0.6 is 0 Å². The molecule has 1 saturated heterocycles. The molecule has 0 aliphatic carbocycles. The highest BCUT2D eigenvalue weighted by Gasteiger charge is 2.43. The summed E-state index contributed by atoms with van der Waals surface area (Å²) in [6.07, 6.45) is -3.81. The van der Waals surface area contributed by atoms with Gasteiger partial charge < -0.3 is 24.8 Å². The quantitative estimate of drug-likeness (QED) is 0.497. The Balaban J connectivity index is 2.33. The van der Waals surface area contributed by atoms with Crippen molar-refractivity contribution in [1.82, 2.24) is 9.55 Å². The molecule has 4 N–H and O–H groups in total. The molecule has 1 aromatic heterocycles. The first-order valence-corrected chi connectivity index (χ1v) is 6.93. The molecule has 124 valence electrons. The molecule has 0 radical (unpaired) electrons. The number of hydrogen-bond acceptors (Lipinski definition) is 7.